The number of carbonyl (C=O) groups is 2. The van der Waals surface area contributed by atoms with E-state index in [1.165, 1.54) is 29.5 Å². The zero-order valence-corrected chi connectivity index (χ0v) is 16.5. The van der Waals surface area contributed by atoms with Gasteiger partial charge in [0.2, 0.25) is 0 Å². The molecule has 3 rings (SSSR count). The maximum atomic E-state index is 12.3. The second kappa shape index (κ2) is 9.88. The van der Waals surface area contributed by atoms with Crippen LogP contribution in [0.25, 0.3) is 5.57 Å². The maximum Gasteiger partial charge on any atom is 0.316 e. The van der Waals surface area contributed by atoms with Crippen molar-refractivity contribution in [2.24, 2.45) is 0 Å². The lowest BCUT2D eigenvalue weighted by atomic mass is 10.00. The number of amides is 1. The summed E-state index contributed by atoms with van der Waals surface area (Å²) >= 11 is 1.20. The van der Waals surface area contributed by atoms with E-state index in [0.29, 0.717) is 18.0 Å². The van der Waals surface area contributed by atoms with Gasteiger partial charge < -0.3 is 9.64 Å². The number of rotatable bonds is 7. The molecule has 0 aromatic heterocycles. The van der Waals surface area contributed by atoms with Gasteiger partial charge in [-0.25, -0.2) is 0 Å². The Balaban J connectivity index is 1.40. The molecular weight excluding hydrogens is 392 g/mol. The van der Waals surface area contributed by atoms with Crippen molar-refractivity contribution in [2.75, 3.05) is 25.4 Å². The summed E-state index contributed by atoms with van der Waals surface area (Å²) in [6, 6.07) is 16.0. The second-order valence-electron chi connectivity index (χ2n) is 6.39. The predicted octanol–water partition coefficient (Wildman–Crippen LogP) is 3.55. The monoisotopic (exact) mass is 412 g/mol. The summed E-state index contributed by atoms with van der Waals surface area (Å²) in [5, 5.41) is 10.6. The lowest BCUT2D eigenvalue weighted by molar-refractivity contribution is -0.384. The van der Waals surface area contributed by atoms with Crippen LogP contribution in [-0.2, 0) is 14.3 Å². The maximum absolute atomic E-state index is 12.3. The number of nitro benzene ring substituents is 1. The standard InChI is InChI=1S/C21H20N2O5S/c24-20(22-12-10-17(11-13-22)16-4-2-1-3-5-16)14-28-21(25)15-29-19-8-6-18(7-9-19)23(26)27/h1-10H,11-15H2. The molecule has 0 aliphatic carbocycles. The minimum Gasteiger partial charge on any atom is -0.455 e. The van der Waals surface area contributed by atoms with Crippen LogP contribution in [0.3, 0.4) is 0 Å². The Bertz CT molecular complexity index is 912. The highest BCUT2D eigenvalue weighted by atomic mass is 32.2. The third kappa shape index (κ3) is 5.92. The number of nitro groups is 1. The van der Waals surface area contributed by atoms with Crippen LogP contribution in [0.15, 0.2) is 65.6 Å². The molecule has 29 heavy (non-hydrogen) atoms. The van der Waals surface area contributed by atoms with E-state index < -0.39 is 10.9 Å². The van der Waals surface area contributed by atoms with Gasteiger partial charge in [0.1, 0.15) is 0 Å². The normalized spacial score (nSPS) is 13.5. The van der Waals surface area contributed by atoms with Gasteiger partial charge in [0.25, 0.3) is 11.6 Å². The van der Waals surface area contributed by atoms with Crippen LogP contribution >= 0.6 is 11.8 Å². The fraction of sp³-hybridized carbons (Fsp3) is 0.238. The first-order valence-electron chi connectivity index (χ1n) is 9.08. The summed E-state index contributed by atoms with van der Waals surface area (Å²) < 4.78 is 5.07. The number of hydrogen-bond acceptors (Lipinski definition) is 6. The van der Waals surface area contributed by atoms with Crippen molar-refractivity contribution in [3.63, 3.8) is 0 Å². The van der Waals surface area contributed by atoms with E-state index in [1.807, 2.05) is 36.4 Å². The van der Waals surface area contributed by atoms with E-state index in [2.05, 4.69) is 0 Å². The molecule has 150 valence electrons. The van der Waals surface area contributed by atoms with Crippen LogP contribution in [0, 0.1) is 10.1 Å². The molecule has 0 N–H and O–H groups in total. The van der Waals surface area contributed by atoms with Gasteiger partial charge in [0, 0.05) is 30.1 Å². The van der Waals surface area contributed by atoms with Crippen molar-refractivity contribution in [2.45, 2.75) is 11.3 Å². The number of non-ortho nitro benzene ring substituents is 1. The molecule has 0 saturated heterocycles. The van der Waals surface area contributed by atoms with Crippen LogP contribution in [-0.4, -0.2) is 47.1 Å². The van der Waals surface area contributed by atoms with Gasteiger partial charge in [-0.05, 0) is 29.7 Å². The highest BCUT2D eigenvalue weighted by molar-refractivity contribution is 8.00. The first kappa shape index (κ1) is 20.6. The molecule has 1 heterocycles. The number of nitrogens with zero attached hydrogens (tertiary/aromatic N) is 2. The number of esters is 1. The Morgan fingerprint density at radius 3 is 2.45 bits per heavy atom. The average Bonchev–Trinajstić information content (AvgIpc) is 2.77. The largest absolute Gasteiger partial charge is 0.455 e. The summed E-state index contributed by atoms with van der Waals surface area (Å²) in [5.74, 6) is -0.690. The molecule has 0 saturated carbocycles. The van der Waals surface area contributed by atoms with Crippen LogP contribution in [0.5, 0.6) is 0 Å². The van der Waals surface area contributed by atoms with E-state index in [0.717, 1.165) is 12.0 Å². The van der Waals surface area contributed by atoms with Crippen LogP contribution < -0.4 is 0 Å². The number of ether oxygens (including phenoxy) is 1. The molecule has 1 amide bonds. The lowest BCUT2D eigenvalue weighted by Crippen LogP contribution is -2.37. The Morgan fingerprint density at radius 2 is 1.83 bits per heavy atom. The minimum atomic E-state index is -0.501. The quantitative estimate of drug-likeness (QED) is 0.299. The van der Waals surface area contributed by atoms with Gasteiger partial charge in [0.15, 0.2) is 6.61 Å². The number of carbonyl (C=O) groups excluding carboxylic acids is 2. The van der Waals surface area contributed by atoms with Crippen LogP contribution in [0.1, 0.15) is 12.0 Å². The molecule has 0 radical (unpaired) electrons. The van der Waals surface area contributed by atoms with E-state index in [4.69, 9.17) is 4.74 Å². The summed E-state index contributed by atoms with van der Waals surface area (Å²) in [6.07, 6.45) is 2.79. The minimum absolute atomic E-state index is 0.00599. The Morgan fingerprint density at radius 1 is 1.10 bits per heavy atom. The SMILES string of the molecule is O=C(CSc1ccc([N+](=O)[O-])cc1)OCC(=O)N1CC=C(c2ccccc2)CC1. The van der Waals surface area contributed by atoms with Gasteiger partial charge >= 0.3 is 5.97 Å². The highest BCUT2D eigenvalue weighted by Gasteiger charge is 2.19. The molecule has 7 nitrogen and oxygen atoms in total. The van der Waals surface area contributed by atoms with Crippen molar-refractivity contribution in [3.8, 4) is 0 Å². The summed E-state index contributed by atoms with van der Waals surface area (Å²) in [4.78, 5) is 36.7. The van der Waals surface area contributed by atoms with E-state index in [-0.39, 0.29) is 24.0 Å². The molecule has 0 bridgehead atoms. The molecule has 2 aromatic carbocycles. The van der Waals surface area contributed by atoms with Gasteiger partial charge in [-0.3, -0.25) is 19.7 Å². The summed E-state index contributed by atoms with van der Waals surface area (Å²) in [6.45, 7) is 0.807. The van der Waals surface area contributed by atoms with Gasteiger partial charge in [-0.2, -0.15) is 0 Å². The molecule has 0 fully saturated rings. The molecule has 8 heteroatoms. The molecule has 0 atom stereocenters. The first-order chi connectivity index (χ1) is 14.0. The van der Waals surface area contributed by atoms with Gasteiger partial charge in [-0.1, -0.05) is 36.4 Å². The van der Waals surface area contributed by atoms with E-state index in [1.54, 1.807) is 17.0 Å². The van der Waals surface area contributed by atoms with Crippen molar-refractivity contribution in [1.82, 2.24) is 4.90 Å². The smallest absolute Gasteiger partial charge is 0.316 e. The Labute approximate surface area is 172 Å². The molecule has 2 aromatic rings. The molecular formula is C21H20N2O5S. The zero-order chi connectivity index (χ0) is 20.6. The third-order valence-electron chi connectivity index (χ3n) is 4.47. The lowest BCUT2D eigenvalue weighted by Gasteiger charge is -2.26. The fourth-order valence-corrected chi connectivity index (χ4v) is 3.59. The number of hydrogen-bond donors (Lipinski definition) is 0. The van der Waals surface area contributed by atoms with Gasteiger partial charge in [0.05, 0.1) is 10.7 Å². The average molecular weight is 412 g/mol. The molecule has 0 unspecified atom stereocenters. The number of benzene rings is 2. The Kier molecular flexibility index (Phi) is 7.02. The highest BCUT2D eigenvalue weighted by Crippen LogP contribution is 2.23. The van der Waals surface area contributed by atoms with Crippen LogP contribution in [0.4, 0.5) is 5.69 Å². The van der Waals surface area contributed by atoms with E-state index in [9.17, 15) is 19.7 Å². The fourth-order valence-electron chi connectivity index (χ4n) is 2.89. The third-order valence-corrected chi connectivity index (χ3v) is 5.45. The second-order valence-corrected chi connectivity index (χ2v) is 7.43. The van der Waals surface area contributed by atoms with Crippen molar-refractivity contribution < 1.29 is 19.2 Å². The Hall–Kier alpha value is -3.13. The van der Waals surface area contributed by atoms with Crippen molar-refractivity contribution in [1.29, 1.82) is 0 Å². The zero-order valence-electron chi connectivity index (χ0n) is 15.7. The molecule has 1 aliphatic rings. The number of thioether (sulfide) groups is 1. The van der Waals surface area contributed by atoms with E-state index >= 15 is 0 Å². The van der Waals surface area contributed by atoms with Crippen molar-refractivity contribution >= 4 is 34.9 Å². The summed E-state index contributed by atoms with van der Waals surface area (Å²) in [5.41, 5.74) is 2.37. The predicted molar refractivity (Wildman–Crippen MR) is 110 cm³/mol. The molecule has 0 spiro atoms. The van der Waals surface area contributed by atoms with Crippen LogP contribution in [0.2, 0.25) is 0 Å². The first-order valence-corrected chi connectivity index (χ1v) is 10.1. The van der Waals surface area contributed by atoms with Crippen molar-refractivity contribution in [3.05, 3.63) is 76.4 Å². The molecule has 1 aliphatic heterocycles. The topological polar surface area (TPSA) is 89.7 Å². The summed E-state index contributed by atoms with van der Waals surface area (Å²) in [7, 11) is 0. The van der Waals surface area contributed by atoms with Gasteiger partial charge in [-0.15, -0.1) is 11.8 Å².